The van der Waals surface area contributed by atoms with Crippen LogP contribution in [0.4, 0.5) is 0 Å². The molecule has 54 valence electrons. The van der Waals surface area contributed by atoms with Crippen LogP contribution in [0.15, 0.2) is 22.5 Å². The summed E-state index contributed by atoms with van der Waals surface area (Å²) >= 11 is 0. The Morgan fingerprint density at radius 2 is 2.50 bits per heavy atom. The van der Waals surface area contributed by atoms with Crippen molar-refractivity contribution in [3.8, 4) is 0 Å². The fourth-order valence-electron chi connectivity index (χ4n) is 0.582. The number of ether oxygens (including phenoxy) is 1. The van der Waals surface area contributed by atoms with Crippen molar-refractivity contribution in [2.75, 3.05) is 0 Å². The maximum atomic E-state index is 10.4. The normalized spacial score (nSPS) is 29.0. The molecule has 0 aromatic carbocycles. The van der Waals surface area contributed by atoms with Gasteiger partial charge >= 0.3 is 5.97 Å². The van der Waals surface area contributed by atoms with Gasteiger partial charge in [0.1, 0.15) is 0 Å². The van der Waals surface area contributed by atoms with Crippen LogP contribution in [0.3, 0.4) is 0 Å². The molecule has 0 radical (unpaired) electrons. The van der Waals surface area contributed by atoms with Gasteiger partial charge in [0.25, 0.3) is 5.85 Å². The molecule has 1 aliphatic rings. The molecule has 10 heavy (non-hydrogen) atoms. The van der Waals surface area contributed by atoms with Gasteiger partial charge in [0, 0.05) is 13.0 Å². The number of nitrogens with zero attached hydrogens (tertiary/aromatic N) is 2. The van der Waals surface area contributed by atoms with Crippen molar-refractivity contribution in [2.24, 2.45) is 16.0 Å². The van der Waals surface area contributed by atoms with Crippen LogP contribution in [0.2, 0.25) is 0 Å². The molecule has 1 rings (SSSR count). The molecular weight excluding hydrogens is 134 g/mol. The average Bonchev–Trinajstić information content (AvgIpc) is 2.12. The minimum atomic E-state index is -1.36. The predicted molar refractivity (Wildman–Crippen MR) is 32.7 cm³/mol. The highest BCUT2D eigenvalue weighted by molar-refractivity contribution is 5.66. The van der Waals surface area contributed by atoms with Crippen LogP contribution in [0.5, 0.6) is 0 Å². The molecule has 5 heteroatoms. The third-order valence-corrected chi connectivity index (χ3v) is 0.901. The summed E-state index contributed by atoms with van der Waals surface area (Å²) in [6.07, 6.45) is 2.78. The van der Waals surface area contributed by atoms with Crippen LogP contribution in [-0.2, 0) is 9.53 Å². The fourth-order valence-corrected chi connectivity index (χ4v) is 0.582. The lowest BCUT2D eigenvalue weighted by atomic mass is 10.4. The molecule has 5 nitrogen and oxygen atoms in total. The van der Waals surface area contributed by atoms with Crippen LogP contribution < -0.4 is 5.73 Å². The number of carbonyl (C=O) groups excluding carboxylic acids is 1. The maximum absolute atomic E-state index is 10.4. The zero-order chi connectivity index (χ0) is 7.61. The summed E-state index contributed by atoms with van der Waals surface area (Å²) in [6, 6.07) is 0. The minimum Gasteiger partial charge on any atom is -0.418 e. The van der Waals surface area contributed by atoms with Crippen LogP contribution in [-0.4, -0.2) is 11.8 Å². The molecule has 0 fully saturated rings. The first-order valence-corrected chi connectivity index (χ1v) is 2.70. The van der Waals surface area contributed by atoms with E-state index in [4.69, 9.17) is 5.73 Å². The summed E-state index contributed by atoms with van der Waals surface area (Å²) in [5.74, 6) is -1.83. The quantitative estimate of drug-likeness (QED) is 0.416. The number of carbonyl (C=O) groups is 1. The lowest BCUT2D eigenvalue weighted by molar-refractivity contribution is -0.151. The van der Waals surface area contributed by atoms with E-state index < -0.39 is 11.8 Å². The van der Waals surface area contributed by atoms with E-state index >= 15 is 0 Å². The molecule has 1 unspecified atom stereocenters. The van der Waals surface area contributed by atoms with Crippen LogP contribution in [0.25, 0.3) is 0 Å². The van der Waals surface area contributed by atoms with E-state index in [0.29, 0.717) is 0 Å². The van der Waals surface area contributed by atoms with Gasteiger partial charge in [-0.3, -0.25) is 10.5 Å². The minimum absolute atomic E-state index is 0.479. The molecule has 0 saturated heterocycles. The van der Waals surface area contributed by atoms with Crippen LogP contribution in [0, 0.1) is 0 Å². The van der Waals surface area contributed by atoms with Gasteiger partial charge in [-0.25, -0.2) is 0 Å². The smallest absolute Gasteiger partial charge is 0.306 e. The SMILES string of the molecule is CC(=O)OC1(N)C=CN=N1. The lowest BCUT2D eigenvalue weighted by Crippen LogP contribution is -2.38. The van der Waals surface area contributed by atoms with Gasteiger partial charge in [-0.05, 0) is 0 Å². The van der Waals surface area contributed by atoms with E-state index in [2.05, 4.69) is 15.0 Å². The molecule has 2 N–H and O–H groups in total. The summed E-state index contributed by atoms with van der Waals surface area (Å²) in [5.41, 5.74) is 5.37. The first-order valence-electron chi connectivity index (χ1n) is 2.70. The van der Waals surface area contributed by atoms with E-state index in [9.17, 15) is 4.79 Å². The Morgan fingerprint density at radius 3 is 2.90 bits per heavy atom. The van der Waals surface area contributed by atoms with Crippen LogP contribution in [0.1, 0.15) is 6.92 Å². The second-order valence-corrected chi connectivity index (χ2v) is 1.88. The van der Waals surface area contributed by atoms with Crippen molar-refractivity contribution >= 4 is 5.97 Å². The molecule has 0 amide bonds. The number of esters is 1. The van der Waals surface area contributed by atoms with Gasteiger partial charge in [-0.1, -0.05) is 0 Å². The zero-order valence-corrected chi connectivity index (χ0v) is 5.44. The number of rotatable bonds is 1. The number of hydrogen-bond donors (Lipinski definition) is 1. The highest BCUT2D eigenvalue weighted by Crippen LogP contribution is 2.13. The van der Waals surface area contributed by atoms with Gasteiger partial charge in [-0.2, -0.15) is 5.11 Å². The fraction of sp³-hybridized carbons (Fsp3) is 0.400. The number of hydrogen-bond acceptors (Lipinski definition) is 5. The second-order valence-electron chi connectivity index (χ2n) is 1.88. The summed E-state index contributed by atoms with van der Waals surface area (Å²) in [6.45, 7) is 1.26. The molecule has 0 aliphatic carbocycles. The number of nitrogens with two attached hydrogens (primary N) is 1. The predicted octanol–water partition coefficient (Wildman–Crippen LogP) is 0.142. The molecule has 1 atom stereocenters. The van der Waals surface area contributed by atoms with Gasteiger partial charge in [0.15, 0.2) is 0 Å². The van der Waals surface area contributed by atoms with E-state index in [1.54, 1.807) is 0 Å². The average molecular weight is 141 g/mol. The summed E-state index contributed by atoms with van der Waals surface area (Å²) in [7, 11) is 0. The third-order valence-electron chi connectivity index (χ3n) is 0.901. The van der Waals surface area contributed by atoms with Crippen LogP contribution >= 0.6 is 0 Å². The Kier molecular flexibility index (Phi) is 1.50. The standard InChI is InChI=1S/C5H7N3O2/c1-4(9)10-5(6)2-3-7-8-5/h2-3H,6H2,1H3. The Morgan fingerprint density at radius 1 is 1.80 bits per heavy atom. The third kappa shape index (κ3) is 1.38. The lowest BCUT2D eigenvalue weighted by Gasteiger charge is -2.14. The number of azo groups is 1. The van der Waals surface area contributed by atoms with Crippen molar-refractivity contribution in [2.45, 2.75) is 12.8 Å². The van der Waals surface area contributed by atoms with E-state index in [1.807, 2.05) is 0 Å². The Labute approximate surface area is 57.6 Å². The molecular formula is C5H7N3O2. The van der Waals surface area contributed by atoms with Crippen molar-refractivity contribution in [3.05, 3.63) is 12.3 Å². The molecule has 0 saturated carbocycles. The van der Waals surface area contributed by atoms with E-state index in [-0.39, 0.29) is 0 Å². The van der Waals surface area contributed by atoms with E-state index in [0.717, 1.165) is 0 Å². The van der Waals surface area contributed by atoms with Gasteiger partial charge in [0.05, 0.1) is 6.20 Å². The molecule has 1 heterocycles. The van der Waals surface area contributed by atoms with Crippen molar-refractivity contribution in [1.82, 2.24) is 0 Å². The Balaban J connectivity index is 2.62. The Bertz CT molecular complexity index is 197. The Hall–Kier alpha value is -1.23. The van der Waals surface area contributed by atoms with Gasteiger partial charge in [0.2, 0.25) is 0 Å². The maximum Gasteiger partial charge on any atom is 0.306 e. The summed E-state index contributed by atoms with van der Waals surface area (Å²) in [5, 5.41) is 6.89. The van der Waals surface area contributed by atoms with Crippen molar-refractivity contribution in [1.29, 1.82) is 0 Å². The first kappa shape index (κ1) is 6.88. The highest BCUT2D eigenvalue weighted by atomic mass is 16.6. The zero-order valence-electron chi connectivity index (χ0n) is 5.44. The molecule has 0 spiro atoms. The molecule has 0 aromatic heterocycles. The molecule has 0 bridgehead atoms. The topological polar surface area (TPSA) is 77.0 Å². The van der Waals surface area contributed by atoms with Gasteiger partial charge < -0.3 is 4.74 Å². The van der Waals surface area contributed by atoms with Gasteiger partial charge in [-0.15, -0.1) is 5.11 Å². The van der Waals surface area contributed by atoms with Crippen molar-refractivity contribution < 1.29 is 9.53 Å². The summed E-state index contributed by atoms with van der Waals surface area (Å²) < 4.78 is 4.59. The summed E-state index contributed by atoms with van der Waals surface area (Å²) in [4.78, 5) is 10.4. The molecule has 0 aromatic rings. The second kappa shape index (κ2) is 2.18. The van der Waals surface area contributed by atoms with E-state index in [1.165, 1.54) is 19.2 Å². The monoisotopic (exact) mass is 141 g/mol. The highest BCUT2D eigenvalue weighted by Gasteiger charge is 2.26. The van der Waals surface area contributed by atoms with Crippen molar-refractivity contribution in [3.63, 3.8) is 0 Å². The molecule has 1 aliphatic heterocycles. The first-order chi connectivity index (χ1) is 4.62. The largest absolute Gasteiger partial charge is 0.418 e.